The van der Waals surface area contributed by atoms with E-state index in [1.54, 1.807) is 44.0 Å². The number of amides is 1. The second-order valence-electron chi connectivity index (χ2n) is 5.22. The van der Waals surface area contributed by atoms with Crippen molar-refractivity contribution in [1.29, 1.82) is 0 Å². The second-order valence-corrected chi connectivity index (χ2v) is 8.64. The van der Waals surface area contributed by atoms with Crippen LogP contribution >= 0.6 is 11.8 Å². The molecular formula is C18H21NO4S2. The summed E-state index contributed by atoms with van der Waals surface area (Å²) in [6, 6.07) is 14.1. The molecule has 0 saturated heterocycles. The lowest BCUT2D eigenvalue weighted by atomic mass is 10.3. The molecule has 7 heteroatoms. The van der Waals surface area contributed by atoms with E-state index in [-0.39, 0.29) is 23.0 Å². The number of thioether (sulfide) groups is 1. The van der Waals surface area contributed by atoms with Crippen molar-refractivity contribution in [1.82, 2.24) is 0 Å². The Morgan fingerprint density at radius 3 is 2.44 bits per heavy atom. The van der Waals surface area contributed by atoms with E-state index < -0.39 is 9.84 Å². The third-order valence-electron chi connectivity index (χ3n) is 3.53. The second kappa shape index (κ2) is 8.92. The van der Waals surface area contributed by atoms with E-state index in [0.717, 1.165) is 10.6 Å². The van der Waals surface area contributed by atoms with Crippen LogP contribution in [0, 0.1) is 0 Å². The van der Waals surface area contributed by atoms with Gasteiger partial charge >= 0.3 is 0 Å². The Labute approximate surface area is 152 Å². The summed E-state index contributed by atoms with van der Waals surface area (Å²) in [7, 11) is -1.76. The Bertz CT molecular complexity index is 817. The summed E-state index contributed by atoms with van der Waals surface area (Å²) in [5, 5.41) is 2.70. The van der Waals surface area contributed by atoms with Gasteiger partial charge in [-0.25, -0.2) is 8.42 Å². The maximum Gasteiger partial charge on any atom is 0.225 e. The molecule has 0 heterocycles. The normalized spacial score (nSPS) is 11.1. The first-order valence-electron chi connectivity index (χ1n) is 7.84. The van der Waals surface area contributed by atoms with Crippen LogP contribution in [0.25, 0.3) is 0 Å². The number of carbonyl (C=O) groups excluding carboxylic acids is 1. The molecule has 0 aromatic heterocycles. The Balaban J connectivity index is 1.92. The molecule has 0 fully saturated rings. The van der Waals surface area contributed by atoms with Gasteiger partial charge in [-0.2, -0.15) is 0 Å². The molecule has 2 aromatic carbocycles. The van der Waals surface area contributed by atoms with Crippen LogP contribution in [-0.4, -0.2) is 32.9 Å². The van der Waals surface area contributed by atoms with Gasteiger partial charge in [0, 0.05) is 17.1 Å². The quantitative estimate of drug-likeness (QED) is 0.710. The number of ether oxygens (including phenoxy) is 1. The fourth-order valence-electron chi connectivity index (χ4n) is 2.14. The number of hydrogen-bond donors (Lipinski definition) is 1. The predicted molar refractivity (Wildman–Crippen MR) is 101 cm³/mol. The summed E-state index contributed by atoms with van der Waals surface area (Å²) in [4.78, 5) is 13.3. The van der Waals surface area contributed by atoms with E-state index in [2.05, 4.69) is 5.32 Å². The van der Waals surface area contributed by atoms with Gasteiger partial charge < -0.3 is 10.1 Å². The van der Waals surface area contributed by atoms with Crippen LogP contribution in [0.3, 0.4) is 0 Å². The summed E-state index contributed by atoms with van der Waals surface area (Å²) in [5.74, 6) is 1.17. The van der Waals surface area contributed by atoms with Crippen molar-refractivity contribution in [2.24, 2.45) is 0 Å². The molecule has 0 radical (unpaired) electrons. The van der Waals surface area contributed by atoms with Crippen LogP contribution in [0.4, 0.5) is 5.69 Å². The van der Waals surface area contributed by atoms with Gasteiger partial charge in [-0.1, -0.05) is 19.1 Å². The predicted octanol–water partition coefficient (Wildman–Crippen LogP) is 3.61. The molecule has 25 heavy (non-hydrogen) atoms. The molecule has 0 bridgehead atoms. The minimum Gasteiger partial charge on any atom is -0.497 e. The first-order chi connectivity index (χ1) is 12.0. The first kappa shape index (κ1) is 19.3. The highest BCUT2D eigenvalue weighted by Crippen LogP contribution is 2.24. The van der Waals surface area contributed by atoms with Crippen LogP contribution in [0.1, 0.15) is 13.3 Å². The van der Waals surface area contributed by atoms with Crippen LogP contribution in [0.5, 0.6) is 5.75 Å². The topological polar surface area (TPSA) is 72.5 Å². The van der Waals surface area contributed by atoms with Crippen molar-refractivity contribution < 1.29 is 17.9 Å². The van der Waals surface area contributed by atoms with Crippen molar-refractivity contribution in [3.05, 3.63) is 48.5 Å². The molecule has 0 unspecified atom stereocenters. The lowest BCUT2D eigenvalue weighted by Gasteiger charge is -2.10. The van der Waals surface area contributed by atoms with Crippen molar-refractivity contribution in [2.45, 2.75) is 23.1 Å². The van der Waals surface area contributed by atoms with Crippen LogP contribution in [-0.2, 0) is 14.6 Å². The number of sulfone groups is 1. The highest BCUT2D eigenvalue weighted by molar-refractivity contribution is 7.99. The lowest BCUT2D eigenvalue weighted by molar-refractivity contribution is -0.115. The van der Waals surface area contributed by atoms with E-state index in [1.807, 2.05) is 24.3 Å². The molecule has 2 aromatic rings. The summed E-state index contributed by atoms with van der Waals surface area (Å²) in [6.07, 6.45) is 0.289. The summed E-state index contributed by atoms with van der Waals surface area (Å²) >= 11 is 1.56. The molecule has 5 nitrogen and oxygen atoms in total. The number of benzene rings is 2. The molecule has 0 spiro atoms. The Kier molecular flexibility index (Phi) is 6.90. The zero-order valence-electron chi connectivity index (χ0n) is 14.2. The van der Waals surface area contributed by atoms with E-state index in [1.165, 1.54) is 6.07 Å². The van der Waals surface area contributed by atoms with Gasteiger partial charge in [0.15, 0.2) is 9.84 Å². The van der Waals surface area contributed by atoms with Gasteiger partial charge in [0.1, 0.15) is 5.75 Å². The highest BCUT2D eigenvalue weighted by Gasteiger charge is 2.17. The summed E-state index contributed by atoms with van der Waals surface area (Å²) in [5.41, 5.74) is 0.337. The molecule has 2 rings (SSSR count). The molecular weight excluding hydrogens is 358 g/mol. The van der Waals surface area contributed by atoms with Gasteiger partial charge in [-0.15, -0.1) is 11.8 Å². The summed E-state index contributed by atoms with van der Waals surface area (Å²) in [6.45, 7) is 1.58. The molecule has 1 N–H and O–H groups in total. The van der Waals surface area contributed by atoms with Crippen LogP contribution < -0.4 is 10.1 Å². The smallest absolute Gasteiger partial charge is 0.225 e. The van der Waals surface area contributed by atoms with E-state index in [4.69, 9.17) is 4.74 Å². The number of para-hydroxylation sites is 1. The number of hydrogen-bond acceptors (Lipinski definition) is 5. The van der Waals surface area contributed by atoms with Crippen molar-refractivity contribution >= 4 is 33.2 Å². The van der Waals surface area contributed by atoms with Gasteiger partial charge in [0.2, 0.25) is 5.91 Å². The Hall–Kier alpha value is -1.99. The summed E-state index contributed by atoms with van der Waals surface area (Å²) < 4.78 is 29.3. The van der Waals surface area contributed by atoms with Gasteiger partial charge in [-0.05, 0) is 36.4 Å². The highest BCUT2D eigenvalue weighted by atomic mass is 32.2. The Morgan fingerprint density at radius 2 is 1.80 bits per heavy atom. The fourth-order valence-corrected chi connectivity index (χ4v) is 4.05. The maximum atomic E-state index is 12.1. The van der Waals surface area contributed by atoms with Crippen LogP contribution in [0.2, 0.25) is 0 Å². The lowest BCUT2D eigenvalue weighted by Crippen LogP contribution is -2.15. The number of methoxy groups -OCH3 is 1. The third kappa shape index (κ3) is 5.51. The Morgan fingerprint density at radius 1 is 1.12 bits per heavy atom. The van der Waals surface area contributed by atoms with Crippen molar-refractivity contribution in [2.75, 3.05) is 23.9 Å². The van der Waals surface area contributed by atoms with Gasteiger partial charge in [0.05, 0.1) is 23.4 Å². The van der Waals surface area contributed by atoms with Gasteiger partial charge in [-0.3, -0.25) is 4.79 Å². The number of nitrogens with one attached hydrogen (secondary N) is 1. The van der Waals surface area contributed by atoms with Crippen molar-refractivity contribution in [3.8, 4) is 5.75 Å². The maximum absolute atomic E-state index is 12.1. The SMILES string of the molecule is CCS(=O)(=O)c1ccccc1NC(=O)CCSc1ccc(OC)cc1. The zero-order valence-corrected chi connectivity index (χ0v) is 15.8. The monoisotopic (exact) mass is 379 g/mol. The molecule has 0 aliphatic rings. The van der Waals surface area contributed by atoms with Crippen LogP contribution in [0.15, 0.2) is 58.3 Å². The van der Waals surface area contributed by atoms with E-state index in [0.29, 0.717) is 11.4 Å². The third-order valence-corrected chi connectivity index (χ3v) is 6.33. The number of carbonyl (C=O) groups is 1. The molecule has 0 saturated carbocycles. The van der Waals surface area contributed by atoms with E-state index in [9.17, 15) is 13.2 Å². The minimum atomic E-state index is -3.38. The minimum absolute atomic E-state index is 0.00674. The number of rotatable bonds is 8. The molecule has 0 aliphatic carbocycles. The largest absolute Gasteiger partial charge is 0.497 e. The molecule has 134 valence electrons. The zero-order chi connectivity index (χ0) is 18.3. The first-order valence-corrected chi connectivity index (χ1v) is 10.5. The number of anilines is 1. The molecule has 0 aliphatic heterocycles. The van der Waals surface area contributed by atoms with E-state index >= 15 is 0 Å². The fraction of sp³-hybridized carbons (Fsp3) is 0.278. The average molecular weight is 380 g/mol. The average Bonchev–Trinajstić information content (AvgIpc) is 2.62. The standard InChI is InChI=1S/C18H21NO4S2/c1-3-25(21,22)17-7-5-4-6-16(17)19-18(20)12-13-24-15-10-8-14(23-2)9-11-15/h4-11H,3,12-13H2,1-2H3,(H,19,20). The molecule has 1 amide bonds. The van der Waals surface area contributed by atoms with Gasteiger partial charge in [0.25, 0.3) is 0 Å². The molecule has 0 atom stereocenters. The van der Waals surface area contributed by atoms with Crippen molar-refractivity contribution in [3.63, 3.8) is 0 Å².